The van der Waals surface area contributed by atoms with Crippen molar-refractivity contribution in [3.05, 3.63) is 56.9 Å². The molecular weight excluding hydrogens is 450 g/mol. The van der Waals surface area contributed by atoms with Crippen LogP contribution in [0.5, 0.6) is 5.75 Å². The first-order valence-corrected chi connectivity index (χ1v) is 12.1. The van der Waals surface area contributed by atoms with E-state index in [1.54, 1.807) is 23.8 Å². The fourth-order valence-corrected chi connectivity index (χ4v) is 5.87. The van der Waals surface area contributed by atoms with Gasteiger partial charge in [0.25, 0.3) is 5.91 Å². The summed E-state index contributed by atoms with van der Waals surface area (Å²) in [5.74, 6) is 0.801. The smallest absolute Gasteiger partial charge is 0.269 e. The highest BCUT2D eigenvalue weighted by Crippen LogP contribution is 2.51. The van der Waals surface area contributed by atoms with Crippen LogP contribution in [0.15, 0.2) is 56.2 Å². The second-order valence-corrected chi connectivity index (χ2v) is 9.78. The maximum atomic E-state index is 13.4. The van der Waals surface area contributed by atoms with Gasteiger partial charge in [-0.15, -0.1) is 0 Å². The SMILES string of the molecule is CCCCN1C(=O)/C(=C2/Sc3ccc(OC)cc3N2C)SC1=Nc1ccc(C)c(Cl)c1. The number of nitrogens with zero attached hydrogens (tertiary/aromatic N) is 3. The number of carbonyl (C=O) groups excluding carboxylic acids is 1. The molecule has 1 amide bonds. The van der Waals surface area contributed by atoms with Gasteiger partial charge in [0, 0.05) is 29.6 Å². The molecule has 1 fully saturated rings. The van der Waals surface area contributed by atoms with Gasteiger partial charge in [0.05, 0.1) is 23.5 Å². The molecule has 0 atom stereocenters. The molecule has 2 aliphatic heterocycles. The normalized spacial score (nSPS) is 19.5. The highest BCUT2D eigenvalue weighted by Gasteiger charge is 2.39. The summed E-state index contributed by atoms with van der Waals surface area (Å²) in [6.07, 6.45) is 1.92. The van der Waals surface area contributed by atoms with Crippen LogP contribution in [0.4, 0.5) is 11.4 Å². The molecule has 0 aliphatic carbocycles. The highest BCUT2D eigenvalue weighted by atomic mass is 35.5. The van der Waals surface area contributed by atoms with Crippen LogP contribution >= 0.6 is 35.1 Å². The summed E-state index contributed by atoms with van der Waals surface area (Å²) in [6.45, 7) is 4.73. The van der Waals surface area contributed by atoms with Gasteiger partial charge in [-0.05, 0) is 54.9 Å². The second kappa shape index (κ2) is 9.18. The Labute approximate surface area is 196 Å². The Morgan fingerprint density at radius 2 is 1.97 bits per heavy atom. The van der Waals surface area contributed by atoms with Crippen molar-refractivity contribution in [2.45, 2.75) is 31.6 Å². The largest absolute Gasteiger partial charge is 0.497 e. The number of carbonyl (C=O) groups is 1. The van der Waals surface area contributed by atoms with Gasteiger partial charge in [0.15, 0.2) is 5.17 Å². The van der Waals surface area contributed by atoms with E-state index in [9.17, 15) is 4.79 Å². The zero-order valence-electron chi connectivity index (χ0n) is 17.9. The van der Waals surface area contributed by atoms with E-state index >= 15 is 0 Å². The molecule has 0 bridgehead atoms. The van der Waals surface area contributed by atoms with Crippen LogP contribution in [0.3, 0.4) is 0 Å². The molecule has 4 rings (SSSR count). The van der Waals surface area contributed by atoms with Gasteiger partial charge in [0.2, 0.25) is 0 Å². The molecule has 2 aromatic carbocycles. The fourth-order valence-electron chi connectivity index (χ4n) is 3.35. The lowest BCUT2D eigenvalue weighted by Gasteiger charge is -2.16. The van der Waals surface area contributed by atoms with Crippen LogP contribution in [-0.4, -0.2) is 36.7 Å². The molecule has 2 aliphatic rings. The zero-order valence-corrected chi connectivity index (χ0v) is 20.3. The lowest BCUT2D eigenvalue weighted by atomic mass is 10.2. The predicted octanol–water partition coefficient (Wildman–Crippen LogP) is 6.43. The van der Waals surface area contributed by atoms with Gasteiger partial charge >= 0.3 is 0 Å². The molecule has 0 aromatic heterocycles. The third kappa shape index (κ3) is 4.31. The van der Waals surface area contributed by atoms with Gasteiger partial charge in [-0.25, -0.2) is 4.99 Å². The molecule has 1 saturated heterocycles. The van der Waals surface area contributed by atoms with Crippen LogP contribution in [0.1, 0.15) is 25.3 Å². The first-order chi connectivity index (χ1) is 14.9. The van der Waals surface area contributed by atoms with E-state index in [1.807, 2.05) is 50.4 Å². The molecule has 2 aromatic rings. The number of hydrogen-bond acceptors (Lipinski definition) is 6. The molecular formula is C23H24ClN3O2S2. The van der Waals surface area contributed by atoms with Crippen molar-refractivity contribution >= 4 is 57.6 Å². The summed E-state index contributed by atoms with van der Waals surface area (Å²) >= 11 is 9.33. The summed E-state index contributed by atoms with van der Waals surface area (Å²) in [7, 11) is 3.64. The van der Waals surface area contributed by atoms with Gasteiger partial charge in [-0.1, -0.05) is 42.8 Å². The summed E-state index contributed by atoms with van der Waals surface area (Å²) in [5.41, 5.74) is 2.79. The minimum absolute atomic E-state index is 0.00419. The predicted molar refractivity (Wildman–Crippen MR) is 132 cm³/mol. The minimum atomic E-state index is 0.00419. The quantitative estimate of drug-likeness (QED) is 0.468. The maximum absolute atomic E-state index is 13.4. The third-order valence-electron chi connectivity index (χ3n) is 5.21. The molecule has 0 unspecified atom stereocenters. The number of halogens is 1. The molecule has 162 valence electrons. The van der Waals surface area contributed by atoms with Crippen LogP contribution in [0, 0.1) is 6.92 Å². The van der Waals surface area contributed by atoms with E-state index in [4.69, 9.17) is 21.3 Å². The molecule has 0 radical (unpaired) electrons. The van der Waals surface area contributed by atoms with Crippen molar-refractivity contribution < 1.29 is 9.53 Å². The monoisotopic (exact) mass is 473 g/mol. The standard InChI is InChI=1S/C23H24ClN3O2S2/c1-5-6-11-27-21(28)20(31-23(27)25-15-8-7-14(2)17(24)12-15)22-26(3)18-13-16(29-4)9-10-19(18)30-22/h7-10,12-13H,5-6,11H2,1-4H3/b22-20-,25-23?. The van der Waals surface area contributed by atoms with E-state index < -0.39 is 0 Å². The molecule has 5 nitrogen and oxygen atoms in total. The number of thioether (sulfide) groups is 2. The van der Waals surface area contributed by atoms with Crippen molar-refractivity contribution in [1.29, 1.82) is 0 Å². The number of aliphatic imine (C=N–C) groups is 1. The topological polar surface area (TPSA) is 45.1 Å². The van der Waals surface area contributed by atoms with Crippen molar-refractivity contribution in [2.24, 2.45) is 4.99 Å². The van der Waals surface area contributed by atoms with Crippen LogP contribution in [0.25, 0.3) is 0 Å². The van der Waals surface area contributed by atoms with E-state index in [2.05, 4.69) is 11.8 Å². The summed E-state index contributed by atoms with van der Waals surface area (Å²) in [5, 5.41) is 2.29. The number of aryl methyl sites for hydroxylation is 1. The summed E-state index contributed by atoms with van der Waals surface area (Å²) in [4.78, 5) is 23.9. The Bertz CT molecular complexity index is 1100. The van der Waals surface area contributed by atoms with E-state index in [0.29, 0.717) is 21.6 Å². The summed E-state index contributed by atoms with van der Waals surface area (Å²) in [6, 6.07) is 11.7. The highest BCUT2D eigenvalue weighted by molar-refractivity contribution is 8.19. The van der Waals surface area contributed by atoms with Crippen molar-refractivity contribution in [3.8, 4) is 5.75 Å². The Balaban J connectivity index is 1.72. The maximum Gasteiger partial charge on any atom is 0.269 e. The van der Waals surface area contributed by atoms with E-state index in [0.717, 1.165) is 45.5 Å². The number of ether oxygens (including phenoxy) is 1. The second-order valence-electron chi connectivity index (χ2n) is 7.37. The number of amidine groups is 1. The van der Waals surface area contributed by atoms with Crippen LogP contribution in [0.2, 0.25) is 5.02 Å². The van der Waals surface area contributed by atoms with Crippen molar-refractivity contribution in [2.75, 3.05) is 25.6 Å². The number of hydrogen-bond donors (Lipinski definition) is 0. The number of fused-ring (bicyclic) bond motifs is 1. The number of amides is 1. The fraction of sp³-hybridized carbons (Fsp3) is 0.304. The number of anilines is 1. The zero-order chi connectivity index (χ0) is 22.1. The van der Waals surface area contributed by atoms with Gasteiger partial charge in [0.1, 0.15) is 10.7 Å². The van der Waals surface area contributed by atoms with E-state index in [1.165, 1.54) is 11.8 Å². The number of rotatable bonds is 5. The van der Waals surface area contributed by atoms with E-state index in [-0.39, 0.29) is 5.91 Å². The molecule has 8 heteroatoms. The Hall–Kier alpha value is -2.09. The van der Waals surface area contributed by atoms with Crippen LogP contribution < -0.4 is 9.64 Å². The Kier molecular flexibility index (Phi) is 6.55. The number of unbranched alkanes of at least 4 members (excludes halogenated alkanes) is 1. The number of methoxy groups -OCH3 is 1. The van der Waals surface area contributed by atoms with Gasteiger partial charge in [-0.2, -0.15) is 0 Å². The molecule has 0 saturated carbocycles. The lowest BCUT2D eigenvalue weighted by molar-refractivity contribution is -0.122. The first-order valence-electron chi connectivity index (χ1n) is 10.1. The third-order valence-corrected chi connectivity index (χ3v) is 8.05. The lowest BCUT2D eigenvalue weighted by Crippen LogP contribution is -2.30. The molecule has 2 heterocycles. The average molecular weight is 474 g/mol. The van der Waals surface area contributed by atoms with Gasteiger partial charge in [-0.3, -0.25) is 9.69 Å². The molecule has 0 spiro atoms. The minimum Gasteiger partial charge on any atom is -0.497 e. The van der Waals surface area contributed by atoms with Crippen LogP contribution in [-0.2, 0) is 4.79 Å². The molecule has 0 N–H and O–H groups in total. The molecule has 31 heavy (non-hydrogen) atoms. The Morgan fingerprint density at radius 3 is 2.68 bits per heavy atom. The number of benzene rings is 2. The first kappa shape index (κ1) is 22.1. The van der Waals surface area contributed by atoms with Gasteiger partial charge < -0.3 is 9.64 Å². The van der Waals surface area contributed by atoms with Crippen molar-refractivity contribution in [3.63, 3.8) is 0 Å². The van der Waals surface area contributed by atoms with Crippen molar-refractivity contribution in [1.82, 2.24) is 4.90 Å². The Morgan fingerprint density at radius 1 is 1.16 bits per heavy atom. The summed E-state index contributed by atoms with van der Waals surface area (Å²) < 4.78 is 5.37. The average Bonchev–Trinajstić information content (AvgIpc) is 3.25.